The van der Waals surface area contributed by atoms with Gasteiger partial charge in [0.15, 0.2) is 5.03 Å². The first kappa shape index (κ1) is 14.5. The number of carbonyl (C=O) groups is 1. The highest BCUT2D eigenvalue weighted by Crippen LogP contribution is 2.35. The average molecular weight is 273 g/mol. The van der Waals surface area contributed by atoms with Crippen LogP contribution in [0.25, 0.3) is 0 Å². The van der Waals surface area contributed by atoms with E-state index in [2.05, 4.69) is 5.10 Å². The number of aliphatic carboxylic acids is 1. The van der Waals surface area contributed by atoms with E-state index in [1.165, 1.54) is 16.4 Å². The lowest BCUT2D eigenvalue weighted by Gasteiger charge is -2.07. The molecule has 0 spiro atoms. The van der Waals surface area contributed by atoms with Crippen molar-refractivity contribution in [3.8, 4) is 0 Å². The number of hydrogen-bond donors (Lipinski definition) is 1. The average Bonchev–Trinajstić information content (AvgIpc) is 2.54. The Labute approximate surface area is 108 Å². The molecule has 0 aliphatic rings. The fraction of sp³-hybridized carbons (Fsp3) is 0.600. The normalized spacial score (nSPS) is 12.4. The van der Waals surface area contributed by atoms with E-state index in [-0.39, 0.29) is 17.4 Å². The first-order valence-corrected chi connectivity index (χ1v) is 6.33. The molecule has 1 aromatic heterocycles. The summed E-state index contributed by atoms with van der Waals surface area (Å²) in [5.74, 6) is -0.921. The molecule has 7 nitrogen and oxygen atoms in total. The Bertz CT molecular complexity index is 472. The predicted molar refractivity (Wildman–Crippen MR) is 66.8 cm³/mol. The number of aryl methyl sites for hydroxylation is 2. The van der Waals surface area contributed by atoms with E-state index in [0.717, 1.165) is 0 Å². The van der Waals surface area contributed by atoms with E-state index in [9.17, 15) is 14.9 Å². The smallest absolute Gasteiger partial charge is 0.323 e. The van der Waals surface area contributed by atoms with Crippen LogP contribution in [0.5, 0.6) is 0 Å². The number of thioether (sulfide) groups is 1. The monoisotopic (exact) mass is 273 g/mol. The van der Waals surface area contributed by atoms with E-state index in [1.807, 2.05) is 0 Å². The zero-order valence-electron chi connectivity index (χ0n) is 10.4. The zero-order chi connectivity index (χ0) is 13.9. The first-order valence-electron chi connectivity index (χ1n) is 5.45. The topological polar surface area (TPSA) is 98.3 Å². The van der Waals surface area contributed by atoms with Gasteiger partial charge in [0, 0.05) is 12.3 Å². The van der Waals surface area contributed by atoms with Crippen molar-refractivity contribution >= 4 is 23.4 Å². The Hall–Kier alpha value is -1.57. The predicted octanol–water partition coefficient (Wildman–Crippen LogP) is 1.85. The minimum atomic E-state index is -0.921. The van der Waals surface area contributed by atoms with Gasteiger partial charge in [-0.05, 0) is 6.42 Å². The van der Waals surface area contributed by atoms with Gasteiger partial charge in [0.2, 0.25) is 0 Å². The Balaban J connectivity index is 3.04. The minimum Gasteiger partial charge on any atom is -0.481 e. The van der Waals surface area contributed by atoms with Crippen LogP contribution in [0.2, 0.25) is 0 Å². The molecular weight excluding hydrogens is 258 g/mol. The van der Waals surface area contributed by atoms with Crippen LogP contribution < -0.4 is 0 Å². The summed E-state index contributed by atoms with van der Waals surface area (Å²) in [6.45, 7) is 3.52. The summed E-state index contributed by atoms with van der Waals surface area (Å²) < 4.78 is 1.44. The second-order valence-electron chi connectivity index (χ2n) is 3.86. The fourth-order valence-electron chi connectivity index (χ4n) is 1.58. The van der Waals surface area contributed by atoms with Gasteiger partial charge in [-0.25, -0.2) is 0 Å². The number of nitro groups is 1. The van der Waals surface area contributed by atoms with Gasteiger partial charge in [-0.2, -0.15) is 5.10 Å². The molecule has 1 rings (SSSR count). The van der Waals surface area contributed by atoms with Crippen LogP contribution in [0.1, 0.15) is 26.0 Å². The van der Waals surface area contributed by atoms with Gasteiger partial charge in [0.05, 0.1) is 11.3 Å². The van der Waals surface area contributed by atoms with Crippen LogP contribution in [0.4, 0.5) is 5.69 Å². The molecule has 0 aliphatic carbocycles. The molecule has 0 aliphatic heterocycles. The Kier molecular flexibility index (Phi) is 4.71. The summed E-state index contributed by atoms with van der Waals surface area (Å²) in [6, 6.07) is 0. The van der Waals surface area contributed by atoms with Gasteiger partial charge >= 0.3 is 11.7 Å². The van der Waals surface area contributed by atoms with Crippen LogP contribution in [0.3, 0.4) is 0 Å². The number of hydrogen-bond acceptors (Lipinski definition) is 5. The number of aromatic nitrogens is 2. The molecule has 0 saturated carbocycles. The molecule has 100 valence electrons. The zero-order valence-corrected chi connectivity index (χ0v) is 11.2. The highest BCUT2D eigenvalue weighted by molar-refractivity contribution is 8.00. The maximum absolute atomic E-state index is 11.0. The van der Waals surface area contributed by atoms with Crippen LogP contribution >= 0.6 is 11.8 Å². The van der Waals surface area contributed by atoms with Crippen LogP contribution in [-0.4, -0.2) is 31.0 Å². The SMILES string of the molecule is CCc1nn(C)c(SC(C)CC(=O)O)c1[N+](=O)[O-]. The Morgan fingerprint density at radius 3 is 2.72 bits per heavy atom. The first-order chi connectivity index (χ1) is 8.36. The van der Waals surface area contributed by atoms with E-state index in [0.29, 0.717) is 17.1 Å². The van der Waals surface area contributed by atoms with Crippen molar-refractivity contribution in [2.24, 2.45) is 7.05 Å². The van der Waals surface area contributed by atoms with E-state index >= 15 is 0 Å². The van der Waals surface area contributed by atoms with E-state index in [1.54, 1.807) is 20.9 Å². The number of carboxylic acid groups (broad SMARTS) is 1. The van der Waals surface area contributed by atoms with Gasteiger partial charge in [0.25, 0.3) is 0 Å². The van der Waals surface area contributed by atoms with Crippen LogP contribution in [0.15, 0.2) is 5.03 Å². The molecular formula is C10H15N3O4S. The Morgan fingerprint density at radius 1 is 1.67 bits per heavy atom. The Morgan fingerprint density at radius 2 is 2.28 bits per heavy atom. The second kappa shape index (κ2) is 5.85. The molecule has 1 aromatic rings. The van der Waals surface area contributed by atoms with Gasteiger partial charge in [0.1, 0.15) is 5.69 Å². The third-order valence-corrected chi connectivity index (χ3v) is 3.58. The lowest BCUT2D eigenvalue weighted by Crippen LogP contribution is -2.07. The van der Waals surface area contributed by atoms with E-state index < -0.39 is 10.9 Å². The number of carboxylic acids is 1. The van der Waals surface area contributed by atoms with Gasteiger partial charge in [-0.3, -0.25) is 19.6 Å². The highest BCUT2D eigenvalue weighted by Gasteiger charge is 2.27. The summed E-state index contributed by atoms with van der Waals surface area (Å²) in [4.78, 5) is 21.2. The summed E-state index contributed by atoms with van der Waals surface area (Å²) >= 11 is 1.17. The summed E-state index contributed by atoms with van der Waals surface area (Å²) in [5, 5.41) is 24.0. The van der Waals surface area contributed by atoms with Gasteiger partial charge < -0.3 is 5.11 Å². The highest BCUT2D eigenvalue weighted by atomic mass is 32.2. The molecule has 1 N–H and O–H groups in total. The van der Waals surface area contributed by atoms with Crippen molar-refractivity contribution in [2.45, 2.75) is 37.0 Å². The lowest BCUT2D eigenvalue weighted by atomic mass is 10.3. The van der Waals surface area contributed by atoms with Crippen molar-refractivity contribution in [1.29, 1.82) is 0 Å². The number of nitrogens with zero attached hydrogens (tertiary/aromatic N) is 3. The summed E-state index contributed by atoms with van der Waals surface area (Å²) in [5.41, 5.74) is 0.412. The molecule has 1 atom stereocenters. The van der Waals surface area contributed by atoms with Crippen molar-refractivity contribution in [3.05, 3.63) is 15.8 Å². The van der Waals surface area contributed by atoms with Crippen molar-refractivity contribution < 1.29 is 14.8 Å². The molecule has 18 heavy (non-hydrogen) atoms. The maximum atomic E-state index is 11.0. The standard InChI is InChI=1S/C10H15N3O4S/c1-4-7-9(13(16)17)10(12(3)11-7)18-6(2)5-8(14)15/h6H,4-5H2,1-3H3,(H,14,15). The lowest BCUT2D eigenvalue weighted by molar-refractivity contribution is -0.388. The second-order valence-corrected chi connectivity index (χ2v) is 5.29. The largest absolute Gasteiger partial charge is 0.481 e. The van der Waals surface area contributed by atoms with Gasteiger partial charge in [-0.15, -0.1) is 0 Å². The van der Waals surface area contributed by atoms with Crippen molar-refractivity contribution in [1.82, 2.24) is 9.78 Å². The summed E-state index contributed by atoms with van der Waals surface area (Å²) in [6.07, 6.45) is 0.423. The van der Waals surface area contributed by atoms with Crippen LogP contribution in [-0.2, 0) is 18.3 Å². The molecule has 0 aromatic carbocycles. The van der Waals surface area contributed by atoms with E-state index in [4.69, 9.17) is 5.11 Å². The molecule has 1 heterocycles. The molecule has 0 amide bonds. The molecule has 0 bridgehead atoms. The molecule has 0 fully saturated rings. The minimum absolute atomic E-state index is 0.0118. The number of rotatable bonds is 6. The van der Waals surface area contributed by atoms with Crippen molar-refractivity contribution in [2.75, 3.05) is 0 Å². The van der Waals surface area contributed by atoms with Crippen molar-refractivity contribution in [3.63, 3.8) is 0 Å². The third kappa shape index (κ3) is 3.22. The quantitative estimate of drug-likeness (QED) is 0.482. The maximum Gasteiger partial charge on any atom is 0.323 e. The van der Waals surface area contributed by atoms with Crippen LogP contribution in [0, 0.1) is 10.1 Å². The molecule has 8 heteroatoms. The third-order valence-electron chi connectivity index (χ3n) is 2.33. The fourth-order valence-corrected chi connectivity index (χ4v) is 2.69. The molecule has 0 saturated heterocycles. The molecule has 1 unspecified atom stereocenters. The van der Waals surface area contributed by atoms with Gasteiger partial charge in [-0.1, -0.05) is 25.6 Å². The summed E-state index contributed by atoms with van der Waals surface area (Å²) in [7, 11) is 1.63. The molecule has 0 radical (unpaired) electrons.